The fourth-order valence-corrected chi connectivity index (χ4v) is 0.494. The van der Waals surface area contributed by atoms with Gasteiger partial charge < -0.3 is 15.9 Å². The molecule has 0 aromatic heterocycles. The van der Waals surface area contributed by atoms with E-state index in [2.05, 4.69) is 0 Å². The van der Waals surface area contributed by atoms with Crippen LogP contribution in [0.2, 0.25) is 0 Å². The summed E-state index contributed by atoms with van der Waals surface area (Å²) >= 11 is 0. The molecule has 0 heterocycles. The molecule has 0 spiro atoms. The molecular weight excluding hydrogens is 122 g/mol. The van der Waals surface area contributed by atoms with Crippen LogP contribution in [0, 0.1) is 5.92 Å². The Bertz CT molecular complexity index is 94.2. The predicted octanol–water partition coefficient (Wildman–Crippen LogP) is -0.972. The van der Waals surface area contributed by atoms with Crippen LogP contribution in [-0.4, -0.2) is 29.3 Å². The monoisotopic (exact) mass is 133 g/mol. The van der Waals surface area contributed by atoms with Crippen molar-refractivity contribution in [1.82, 2.24) is 0 Å². The van der Waals surface area contributed by atoms with Crippen molar-refractivity contribution in [2.75, 3.05) is 13.2 Å². The van der Waals surface area contributed by atoms with Crippen LogP contribution in [0.25, 0.3) is 0 Å². The van der Waals surface area contributed by atoms with Gasteiger partial charge in [-0.25, -0.2) is 0 Å². The number of hydrogen-bond acceptors (Lipinski definition) is 3. The second-order valence-corrected chi connectivity index (χ2v) is 1.80. The van der Waals surface area contributed by atoms with Crippen LogP contribution in [0.5, 0.6) is 0 Å². The number of aliphatic carboxylic acids is 1. The first-order chi connectivity index (χ1) is 4.22. The van der Waals surface area contributed by atoms with Crippen LogP contribution < -0.4 is 5.73 Å². The van der Waals surface area contributed by atoms with Gasteiger partial charge in [0.15, 0.2) is 0 Å². The zero-order valence-electron chi connectivity index (χ0n) is 5.08. The molecule has 54 valence electrons. The SMILES string of the molecule is NCC[C@@H](CO)C(=O)O. The Labute approximate surface area is 53.3 Å². The maximum absolute atomic E-state index is 10.1. The van der Waals surface area contributed by atoms with Gasteiger partial charge in [-0.05, 0) is 13.0 Å². The van der Waals surface area contributed by atoms with Crippen LogP contribution in [0.3, 0.4) is 0 Å². The average molecular weight is 133 g/mol. The molecule has 4 nitrogen and oxygen atoms in total. The highest BCUT2D eigenvalue weighted by atomic mass is 16.4. The topological polar surface area (TPSA) is 83.5 Å². The minimum absolute atomic E-state index is 0.303. The van der Waals surface area contributed by atoms with E-state index < -0.39 is 11.9 Å². The van der Waals surface area contributed by atoms with Crippen LogP contribution in [0.15, 0.2) is 0 Å². The van der Waals surface area contributed by atoms with E-state index in [1.54, 1.807) is 0 Å². The molecule has 0 aliphatic carbocycles. The summed E-state index contributed by atoms with van der Waals surface area (Å²) in [6.07, 6.45) is 0.339. The lowest BCUT2D eigenvalue weighted by Gasteiger charge is -2.04. The quantitative estimate of drug-likeness (QED) is 0.460. The first-order valence-electron chi connectivity index (χ1n) is 2.76. The number of nitrogens with two attached hydrogens (primary N) is 1. The van der Waals surface area contributed by atoms with E-state index in [1.165, 1.54) is 0 Å². The number of carboxylic acids is 1. The highest BCUT2D eigenvalue weighted by Gasteiger charge is 2.13. The largest absolute Gasteiger partial charge is 0.481 e. The maximum Gasteiger partial charge on any atom is 0.308 e. The fraction of sp³-hybridized carbons (Fsp3) is 0.800. The third-order valence-electron chi connectivity index (χ3n) is 1.08. The number of carbonyl (C=O) groups is 1. The summed E-state index contributed by atoms with van der Waals surface area (Å²) in [7, 11) is 0. The van der Waals surface area contributed by atoms with E-state index >= 15 is 0 Å². The zero-order valence-corrected chi connectivity index (χ0v) is 5.08. The molecule has 0 unspecified atom stereocenters. The second-order valence-electron chi connectivity index (χ2n) is 1.80. The standard InChI is InChI=1S/C5H11NO3/c6-2-1-4(3-7)5(8)9/h4,7H,1-3,6H2,(H,8,9)/t4-/m0/s1. The van der Waals surface area contributed by atoms with Gasteiger partial charge in [0, 0.05) is 0 Å². The summed E-state index contributed by atoms with van der Waals surface area (Å²) in [5, 5.41) is 16.7. The number of hydrogen-bond donors (Lipinski definition) is 3. The summed E-state index contributed by atoms with van der Waals surface area (Å²) in [6.45, 7) is -0.0238. The molecule has 0 rings (SSSR count). The van der Waals surface area contributed by atoms with Crippen molar-refractivity contribution in [3.63, 3.8) is 0 Å². The molecule has 1 atom stereocenters. The molecule has 0 saturated heterocycles. The van der Waals surface area contributed by atoms with Crippen molar-refractivity contribution in [2.24, 2.45) is 11.7 Å². The van der Waals surface area contributed by atoms with E-state index in [9.17, 15) is 4.79 Å². The molecule has 0 saturated carbocycles. The van der Waals surface area contributed by atoms with Gasteiger partial charge in [0.1, 0.15) is 0 Å². The summed E-state index contributed by atoms with van der Waals surface area (Å²) < 4.78 is 0. The van der Waals surface area contributed by atoms with Crippen LogP contribution in [-0.2, 0) is 4.79 Å². The molecule has 0 aromatic rings. The van der Waals surface area contributed by atoms with Crippen molar-refractivity contribution >= 4 is 5.97 Å². The molecule has 4 heteroatoms. The summed E-state index contributed by atoms with van der Waals surface area (Å²) in [5.41, 5.74) is 5.07. The van der Waals surface area contributed by atoms with Gasteiger partial charge in [0.2, 0.25) is 0 Å². The highest BCUT2D eigenvalue weighted by molar-refractivity contribution is 5.70. The fourth-order valence-electron chi connectivity index (χ4n) is 0.494. The van der Waals surface area contributed by atoms with Crippen LogP contribution >= 0.6 is 0 Å². The molecule has 0 bridgehead atoms. The smallest absolute Gasteiger partial charge is 0.308 e. The van der Waals surface area contributed by atoms with E-state index in [1.807, 2.05) is 0 Å². The molecule has 0 aromatic carbocycles. The van der Waals surface area contributed by atoms with Gasteiger partial charge in [-0.3, -0.25) is 4.79 Å². The van der Waals surface area contributed by atoms with Gasteiger partial charge in [0.05, 0.1) is 12.5 Å². The van der Waals surface area contributed by atoms with Crippen LogP contribution in [0.1, 0.15) is 6.42 Å². The van der Waals surface area contributed by atoms with Gasteiger partial charge in [-0.1, -0.05) is 0 Å². The zero-order chi connectivity index (χ0) is 7.28. The molecule has 0 radical (unpaired) electrons. The predicted molar refractivity (Wildman–Crippen MR) is 31.9 cm³/mol. The first kappa shape index (κ1) is 8.39. The Morgan fingerprint density at radius 2 is 2.22 bits per heavy atom. The van der Waals surface area contributed by atoms with Gasteiger partial charge in [-0.2, -0.15) is 0 Å². The van der Waals surface area contributed by atoms with Gasteiger partial charge in [-0.15, -0.1) is 0 Å². The minimum Gasteiger partial charge on any atom is -0.481 e. The first-order valence-corrected chi connectivity index (χ1v) is 2.76. The Morgan fingerprint density at radius 1 is 1.67 bits per heavy atom. The third kappa shape index (κ3) is 3.05. The minimum atomic E-state index is -0.983. The molecule has 0 fully saturated rings. The lowest BCUT2D eigenvalue weighted by Crippen LogP contribution is -2.21. The van der Waals surface area contributed by atoms with Crippen molar-refractivity contribution in [2.45, 2.75) is 6.42 Å². The van der Waals surface area contributed by atoms with Gasteiger partial charge >= 0.3 is 5.97 Å². The maximum atomic E-state index is 10.1. The van der Waals surface area contributed by atoms with Crippen molar-refractivity contribution in [3.05, 3.63) is 0 Å². The lowest BCUT2D eigenvalue weighted by atomic mass is 10.1. The Balaban J connectivity index is 3.54. The number of aliphatic hydroxyl groups excluding tert-OH is 1. The Kier molecular flexibility index (Phi) is 4.00. The molecular formula is C5H11NO3. The second kappa shape index (κ2) is 4.29. The van der Waals surface area contributed by atoms with Crippen molar-refractivity contribution < 1.29 is 15.0 Å². The van der Waals surface area contributed by atoms with E-state index in [-0.39, 0.29) is 6.61 Å². The third-order valence-corrected chi connectivity index (χ3v) is 1.08. The normalized spacial score (nSPS) is 13.1. The number of carboxylic acid groups (broad SMARTS) is 1. The summed E-state index contributed by atoms with van der Waals surface area (Å²) in [6, 6.07) is 0. The molecule has 9 heavy (non-hydrogen) atoms. The average Bonchev–Trinajstić information content (AvgIpc) is 1.82. The molecule has 0 amide bonds. The highest BCUT2D eigenvalue weighted by Crippen LogP contribution is 1.98. The molecule has 0 aliphatic rings. The Morgan fingerprint density at radius 3 is 2.33 bits per heavy atom. The number of aliphatic hydroxyl groups is 1. The van der Waals surface area contributed by atoms with E-state index in [4.69, 9.17) is 15.9 Å². The number of rotatable bonds is 4. The van der Waals surface area contributed by atoms with E-state index in [0.29, 0.717) is 13.0 Å². The van der Waals surface area contributed by atoms with Crippen molar-refractivity contribution in [3.8, 4) is 0 Å². The Hall–Kier alpha value is -0.610. The summed E-state index contributed by atoms with van der Waals surface area (Å²) in [4.78, 5) is 10.1. The molecule has 4 N–H and O–H groups in total. The molecule has 0 aliphatic heterocycles. The van der Waals surface area contributed by atoms with Crippen molar-refractivity contribution in [1.29, 1.82) is 0 Å². The van der Waals surface area contributed by atoms with Gasteiger partial charge in [0.25, 0.3) is 0 Å². The lowest BCUT2D eigenvalue weighted by molar-refractivity contribution is -0.143. The summed E-state index contributed by atoms with van der Waals surface area (Å²) in [5.74, 6) is -1.67. The van der Waals surface area contributed by atoms with E-state index in [0.717, 1.165) is 0 Å². The van der Waals surface area contributed by atoms with Crippen LogP contribution in [0.4, 0.5) is 0 Å².